The molecule has 0 saturated carbocycles. The summed E-state index contributed by atoms with van der Waals surface area (Å²) in [5.41, 5.74) is 4.07. The summed E-state index contributed by atoms with van der Waals surface area (Å²) in [5.74, 6) is -4.09. The fourth-order valence-corrected chi connectivity index (χ4v) is 3.41. The molecule has 0 radical (unpaired) electrons. The van der Waals surface area contributed by atoms with Gasteiger partial charge in [0.25, 0.3) is 5.56 Å². The Labute approximate surface area is 203 Å². The molecule has 2 heterocycles. The maximum atomic E-state index is 15.1. The molecule has 0 aliphatic carbocycles. The van der Waals surface area contributed by atoms with E-state index in [2.05, 4.69) is 9.97 Å². The lowest BCUT2D eigenvalue weighted by molar-refractivity contribution is -0.139. The number of carbonyl (C=O) groups excluding carboxylic acids is 1. The second-order valence-corrected chi connectivity index (χ2v) is 7.14. The molecule has 0 spiro atoms. The van der Waals surface area contributed by atoms with Crippen LogP contribution in [0.1, 0.15) is 36.5 Å². The first-order valence-electron chi connectivity index (χ1n) is 10.2. The number of nitrogens with zero attached hydrogens (tertiary/aromatic N) is 1. The van der Waals surface area contributed by atoms with Crippen LogP contribution in [0.15, 0.2) is 47.5 Å². The summed E-state index contributed by atoms with van der Waals surface area (Å²) in [6, 6.07) is 5.88. The molecule has 0 fully saturated rings. The first-order valence-corrected chi connectivity index (χ1v) is 10.2. The van der Waals surface area contributed by atoms with Gasteiger partial charge >= 0.3 is 6.18 Å². The predicted octanol–water partition coefficient (Wildman–Crippen LogP) is 4.43. The van der Waals surface area contributed by atoms with E-state index in [4.69, 9.17) is 15.2 Å². The summed E-state index contributed by atoms with van der Waals surface area (Å²) < 4.78 is 65.8. The highest BCUT2D eigenvalue weighted by Gasteiger charge is 2.37. The Hall–Kier alpha value is -3.60. The van der Waals surface area contributed by atoms with Crippen LogP contribution in [0.25, 0.3) is 11.1 Å². The van der Waals surface area contributed by atoms with Crippen molar-refractivity contribution in [3.63, 3.8) is 0 Å². The Kier molecular flexibility index (Phi) is 8.86. The van der Waals surface area contributed by atoms with Gasteiger partial charge in [-0.15, -0.1) is 12.4 Å². The molecule has 0 aliphatic rings. The summed E-state index contributed by atoms with van der Waals surface area (Å²) in [5, 5.41) is 0. The number of halogens is 5. The number of aromatic amines is 1. The van der Waals surface area contributed by atoms with Gasteiger partial charge in [-0.05, 0) is 43.2 Å². The van der Waals surface area contributed by atoms with Gasteiger partial charge in [0.1, 0.15) is 11.4 Å². The van der Waals surface area contributed by atoms with Crippen molar-refractivity contribution in [1.29, 1.82) is 0 Å². The van der Waals surface area contributed by atoms with E-state index in [1.165, 1.54) is 31.3 Å². The molecule has 188 valence electrons. The van der Waals surface area contributed by atoms with E-state index in [0.717, 1.165) is 12.3 Å². The van der Waals surface area contributed by atoms with Crippen molar-refractivity contribution >= 4 is 18.3 Å². The lowest BCUT2D eigenvalue weighted by Crippen LogP contribution is -2.24. The van der Waals surface area contributed by atoms with E-state index in [0.29, 0.717) is 17.2 Å². The molecular weight excluding hydrogens is 494 g/mol. The van der Waals surface area contributed by atoms with E-state index in [9.17, 15) is 22.8 Å². The normalized spacial score (nSPS) is 11.9. The molecule has 1 atom stereocenters. The van der Waals surface area contributed by atoms with Crippen molar-refractivity contribution in [2.24, 2.45) is 5.73 Å². The van der Waals surface area contributed by atoms with E-state index < -0.39 is 40.8 Å². The summed E-state index contributed by atoms with van der Waals surface area (Å²) in [4.78, 5) is 30.1. The number of rotatable bonds is 8. The average molecular weight is 516 g/mol. The second-order valence-electron chi connectivity index (χ2n) is 7.14. The largest absolute Gasteiger partial charge is 0.488 e. The van der Waals surface area contributed by atoms with Crippen LogP contribution >= 0.6 is 12.4 Å². The van der Waals surface area contributed by atoms with Crippen LogP contribution in [0, 0.1) is 5.82 Å². The minimum Gasteiger partial charge on any atom is -0.488 e. The molecule has 3 aromatic rings. The Morgan fingerprint density at radius 3 is 2.37 bits per heavy atom. The highest BCUT2D eigenvalue weighted by Crippen LogP contribution is 2.38. The highest BCUT2D eigenvalue weighted by atomic mass is 35.5. The van der Waals surface area contributed by atoms with E-state index in [1.54, 1.807) is 6.92 Å². The molecule has 0 saturated heterocycles. The number of benzene rings is 1. The van der Waals surface area contributed by atoms with Crippen LogP contribution in [0.4, 0.5) is 17.6 Å². The van der Waals surface area contributed by atoms with Crippen molar-refractivity contribution in [2.45, 2.75) is 25.9 Å². The van der Waals surface area contributed by atoms with Gasteiger partial charge in [-0.2, -0.15) is 13.2 Å². The first-order chi connectivity index (χ1) is 16.1. The maximum Gasteiger partial charge on any atom is 0.421 e. The molecule has 35 heavy (non-hydrogen) atoms. The van der Waals surface area contributed by atoms with E-state index in [1.807, 2.05) is 0 Å². The number of nitrogens with two attached hydrogens (primary N) is 1. The zero-order valence-electron chi connectivity index (χ0n) is 18.6. The van der Waals surface area contributed by atoms with Gasteiger partial charge in [0.15, 0.2) is 5.75 Å². The van der Waals surface area contributed by atoms with Gasteiger partial charge in [-0.1, -0.05) is 12.1 Å². The molecular formula is C23H22ClF4N3O4. The molecule has 3 rings (SSSR count). The number of nitrogens with one attached hydrogen (secondary N) is 1. The van der Waals surface area contributed by atoms with Crippen molar-refractivity contribution in [1.82, 2.24) is 9.97 Å². The smallest absolute Gasteiger partial charge is 0.421 e. The summed E-state index contributed by atoms with van der Waals surface area (Å²) >= 11 is 0. The molecule has 7 nitrogen and oxygen atoms in total. The van der Waals surface area contributed by atoms with Crippen LogP contribution in [0.3, 0.4) is 0 Å². The zero-order valence-corrected chi connectivity index (χ0v) is 19.4. The van der Waals surface area contributed by atoms with Gasteiger partial charge in [0.2, 0.25) is 11.8 Å². The quantitative estimate of drug-likeness (QED) is 0.432. The van der Waals surface area contributed by atoms with Crippen LogP contribution in [-0.2, 0) is 11.0 Å². The third-order valence-corrected chi connectivity index (χ3v) is 4.89. The number of aromatic nitrogens is 2. The second kappa shape index (κ2) is 11.2. The average Bonchev–Trinajstić information content (AvgIpc) is 2.77. The fourth-order valence-electron chi connectivity index (χ4n) is 3.41. The van der Waals surface area contributed by atoms with Gasteiger partial charge in [-0.3, -0.25) is 9.59 Å². The lowest BCUT2D eigenvalue weighted by Gasteiger charge is -2.19. The number of carbonyl (C=O) groups is 1. The number of amides is 1. The minimum atomic E-state index is -4.82. The number of alkyl halides is 3. The predicted molar refractivity (Wildman–Crippen MR) is 122 cm³/mol. The first kappa shape index (κ1) is 27.6. The number of H-pyrrole nitrogens is 1. The molecule has 3 N–H and O–H groups in total. The van der Waals surface area contributed by atoms with E-state index >= 15 is 4.39 Å². The van der Waals surface area contributed by atoms with Crippen LogP contribution in [0.2, 0.25) is 0 Å². The van der Waals surface area contributed by atoms with Crippen LogP contribution in [-0.4, -0.2) is 29.1 Å². The maximum absolute atomic E-state index is 15.1. The van der Waals surface area contributed by atoms with E-state index in [-0.39, 0.29) is 42.5 Å². The number of hydrogen-bond donors (Lipinski definition) is 2. The van der Waals surface area contributed by atoms with Gasteiger partial charge in [0, 0.05) is 23.5 Å². The molecule has 1 amide bonds. The van der Waals surface area contributed by atoms with Crippen molar-refractivity contribution < 1.29 is 31.8 Å². The number of ether oxygens (including phenoxy) is 2. The van der Waals surface area contributed by atoms with Crippen LogP contribution < -0.4 is 20.8 Å². The third kappa shape index (κ3) is 6.10. The third-order valence-electron chi connectivity index (χ3n) is 4.89. The Morgan fingerprint density at radius 2 is 1.80 bits per heavy atom. The SMILES string of the molecule is CCOc1ncc(C(C(N)=O)c2ccc(-c3c[nH]c(=O)c(OCC)c3)cc2F)cc1C(F)(F)F.Cl. The highest BCUT2D eigenvalue weighted by molar-refractivity contribution is 5.86. The van der Waals surface area contributed by atoms with Gasteiger partial charge < -0.3 is 20.2 Å². The summed E-state index contributed by atoms with van der Waals surface area (Å²) in [6.45, 7) is 3.39. The van der Waals surface area contributed by atoms with Crippen molar-refractivity contribution in [2.75, 3.05) is 13.2 Å². The molecule has 12 heteroatoms. The standard InChI is InChI=1S/C23H21F4N3O4.ClH/c1-3-33-18-9-13(10-29-21(18)32)12-5-6-15(17(24)8-12)19(20(28)31)14-7-16(23(25,26)27)22(30-11-14)34-4-2;/h5-11,19H,3-4H2,1-2H3,(H2,28,31)(H,29,32);1H. The molecule has 1 unspecified atom stereocenters. The Bertz CT molecular complexity index is 1260. The monoisotopic (exact) mass is 515 g/mol. The van der Waals surface area contributed by atoms with Crippen molar-refractivity contribution in [3.05, 3.63) is 75.6 Å². The summed E-state index contributed by atoms with van der Waals surface area (Å²) in [6.07, 6.45) is -2.46. The Balaban J connectivity index is 0.00000432. The summed E-state index contributed by atoms with van der Waals surface area (Å²) in [7, 11) is 0. The molecule has 0 aliphatic heterocycles. The molecule has 0 bridgehead atoms. The zero-order chi connectivity index (χ0) is 25.0. The lowest BCUT2D eigenvalue weighted by atomic mass is 9.89. The fraction of sp³-hybridized carbons (Fsp3) is 0.261. The van der Waals surface area contributed by atoms with Crippen LogP contribution in [0.5, 0.6) is 11.6 Å². The molecule has 1 aromatic carbocycles. The van der Waals surface area contributed by atoms with Gasteiger partial charge in [0.05, 0.1) is 19.1 Å². The number of pyridine rings is 2. The topological polar surface area (TPSA) is 107 Å². The molecule has 2 aromatic heterocycles. The number of hydrogen-bond acceptors (Lipinski definition) is 5. The number of primary amides is 1. The van der Waals surface area contributed by atoms with Gasteiger partial charge in [-0.25, -0.2) is 9.37 Å². The minimum absolute atomic E-state index is 0. The Morgan fingerprint density at radius 1 is 1.11 bits per heavy atom. The van der Waals surface area contributed by atoms with Crippen molar-refractivity contribution in [3.8, 4) is 22.8 Å².